The first kappa shape index (κ1) is 15.8. The molecule has 2 aliphatic rings. The van der Waals surface area contributed by atoms with Crippen molar-refractivity contribution in [1.29, 1.82) is 0 Å². The fourth-order valence-electron chi connectivity index (χ4n) is 3.16. The van der Waals surface area contributed by atoms with E-state index < -0.39 is 18.5 Å². The molecule has 2 aliphatic heterocycles. The number of aromatic nitrogens is 1. The van der Waals surface area contributed by atoms with Gasteiger partial charge in [-0.1, -0.05) is 6.92 Å². The second-order valence-electron chi connectivity index (χ2n) is 6.15. The van der Waals surface area contributed by atoms with Gasteiger partial charge >= 0.3 is 0 Å². The quantitative estimate of drug-likeness (QED) is 0.926. The lowest BCUT2D eigenvalue weighted by molar-refractivity contribution is -0.134. The number of likely N-dealkylation sites (tertiary alicyclic amines) is 1. The van der Waals surface area contributed by atoms with E-state index in [2.05, 4.69) is 22.6 Å². The maximum Gasteiger partial charge on any atom is 0.262 e. The third-order valence-electron chi connectivity index (χ3n) is 4.42. The molecule has 0 radical (unpaired) electrons. The Kier molecular flexibility index (Phi) is 4.45. The summed E-state index contributed by atoms with van der Waals surface area (Å²) in [6, 6.07) is -0.740. The highest BCUT2D eigenvalue weighted by molar-refractivity contribution is 7.09. The number of hydrogen-bond donors (Lipinski definition) is 1. The van der Waals surface area contributed by atoms with Crippen LogP contribution in [0.15, 0.2) is 5.38 Å². The van der Waals surface area contributed by atoms with Gasteiger partial charge < -0.3 is 4.90 Å². The first-order chi connectivity index (χ1) is 10.5. The second kappa shape index (κ2) is 6.20. The Morgan fingerprint density at radius 3 is 3.05 bits per heavy atom. The molecule has 2 fully saturated rings. The summed E-state index contributed by atoms with van der Waals surface area (Å²) in [4.78, 5) is 18.8. The van der Waals surface area contributed by atoms with Crippen LogP contribution in [0.25, 0.3) is 0 Å². The van der Waals surface area contributed by atoms with E-state index in [1.54, 1.807) is 16.2 Å². The zero-order valence-electron chi connectivity index (χ0n) is 12.6. The monoisotopic (exact) mass is 329 g/mol. The molecule has 122 valence electrons. The van der Waals surface area contributed by atoms with Crippen LogP contribution in [0.1, 0.15) is 42.8 Å². The number of rotatable bonds is 3. The van der Waals surface area contributed by atoms with E-state index in [4.69, 9.17) is 0 Å². The van der Waals surface area contributed by atoms with Crippen LogP contribution < -0.4 is 5.32 Å². The minimum absolute atomic E-state index is 0.186. The normalized spacial score (nSPS) is 28.0. The summed E-state index contributed by atoms with van der Waals surface area (Å²) in [7, 11) is 0. The molecule has 7 heteroatoms. The number of hydrogen-bond acceptors (Lipinski definition) is 4. The van der Waals surface area contributed by atoms with E-state index in [0.717, 1.165) is 30.0 Å². The van der Waals surface area contributed by atoms with Crippen molar-refractivity contribution >= 4 is 17.2 Å². The number of nitrogens with one attached hydrogen (secondary N) is 1. The summed E-state index contributed by atoms with van der Waals surface area (Å²) in [5, 5.41) is 5.79. The largest absolute Gasteiger partial charge is 0.341 e. The number of carbonyl (C=O) groups excluding carboxylic acids is 1. The van der Waals surface area contributed by atoms with Crippen molar-refractivity contribution in [3.63, 3.8) is 0 Å². The number of thiazole rings is 1. The van der Waals surface area contributed by atoms with Crippen molar-refractivity contribution in [2.75, 3.05) is 19.6 Å². The topological polar surface area (TPSA) is 45.2 Å². The predicted molar refractivity (Wildman–Crippen MR) is 81.4 cm³/mol. The molecule has 3 heterocycles. The minimum Gasteiger partial charge on any atom is -0.341 e. The Morgan fingerprint density at radius 2 is 2.41 bits per heavy atom. The van der Waals surface area contributed by atoms with Gasteiger partial charge in [0.25, 0.3) is 5.92 Å². The van der Waals surface area contributed by atoms with Gasteiger partial charge in [0.1, 0.15) is 0 Å². The van der Waals surface area contributed by atoms with Crippen LogP contribution >= 0.6 is 11.3 Å². The summed E-state index contributed by atoms with van der Waals surface area (Å²) < 4.78 is 26.5. The lowest BCUT2D eigenvalue weighted by Gasteiger charge is -2.33. The average Bonchev–Trinajstić information content (AvgIpc) is 3.13. The SMILES string of the molecule is CCc1csc(C2CCCN(C(=O)C3CC(F)(F)CN3)C2)n1. The number of aryl methyl sites for hydroxylation is 1. The van der Waals surface area contributed by atoms with Crippen molar-refractivity contribution in [2.24, 2.45) is 0 Å². The van der Waals surface area contributed by atoms with Gasteiger partial charge in [0.15, 0.2) is 0 Å². The molecule has 1 aromatic heterocycles. The highest BCUT2D eigenvalue weighted by Crippen LogP contribution is 2.31. The Balaban J connectivity index is 1.64. The third-order valence-corrected chi connectivity index (χ3v) is 5.48. The van der Waals surface area contributed by atoms with Crippen LogP contribution in [0.4, 0.5) is 8.78 Å². The molecule has 0 saturated carbocycles. The van der Waals surface area contributed by atoms with Crippen LogP contribution in [0.2, 0.25) is 0 Å². The number of amides is 1. The first-order valence-corrected chi connectivity index (χ1v) is 8.71. The summed E-state index contributed by atoms with van der Waals surface area (Å²) in [6.07, 6.45) is 2.44. The molecule has 1 amide bonds. The van der Waals surface area contributed by atoms with Crippen LogP contribution in [0.3, 0.4) is 0 Å². The number of piperidine rings is 1. The van der Waals surface area contributed by atoms with E-state index in [1.165, 1.54) is 0 Å². The molecule has 2 unspecified atom stereocenters. The second-order valence-corrected chi connectivity index (χ2v) is 7.04. The Labute approximate surface area is 132 Å². The maximum absolute atomic E-state index is 13.3. The molecule has 0 spiro atoms. The van der Waals surface area contributed by atoms with Crippen LogP contribution in [-0.2, 0) is 11.2 Å². The van der Waals surface area contributed by atoms with Crippen LogP contribution in [-0.4, -0.2) is 47.4 Å². The smallest absolute Gasteiger partial charge is 0.262 e. The van der Waals surface area contributed by atoms with Crippen LogP contribution in [0.5, 0.6) is 0 Å². The summed E-state index contributed by atoms with van der Waals surface area (Å²) in [6.45, 7) is 2.93. The van der Waals surface area contributed by atoms with Crippen molar-refractivity contribution < 1.29 is 13.6 Å². The minimum atomic E-state index is -2.76. The molecule has 2 saturated heterocycles. The predicted octanol–water partition coefficient (Wildman–Crippen LogP) is 2.41. The summed E-state index contributed by atoms with van der Waals surface area (Å²) in [5.74, 6) is -2.71. The standard InChI is InChI=1S/C15H21F2N3OS/c1-2-11-8-22-13(19-11)10-4-3-5-20(7-10)14(21)12-6-15(16,17)9-18-12/h8,10,12,18H,2-7,9H2,1H3. The number of alkyl halides is 2. The molecule has 0 bridgehead atoms. The molecule has 2 atom stereocenters. The zero-order valence-corrected chi connectivity index (χ0v) is 13.5. The lowest BCUT2D eigenvalue weighted by atomic mass is 9.97. The maximum atomic E-state index is 13.3. The average molecular weight is 329 g/mol. The lowest BCUT2D eigenvalue weighted by Crippen LogP contribution is -2.47. The Bertz CT molecular complexity index is 549. The highest BCUT2D eigenvalue weighted by Gasteiger charge is 2.44. The van der Waals surface area contributed by atoms with Crippen molar-refractivity contribution in [3.05, 3.63) is 16.1 Å². The summed E-state index contributed by atoms with van der Waals surface area (Å²) in [5.41, 5.74) is 1.08. The van der Waals surface area contributed by atoms with E-state index >= 15 is 0 Å². The third kappa shape index (κ3) is 3.30. The summed E-state index contributed by atoms with van der Waals surface area (Å²) >= 11 is 1.64. The first-order valence-electron chi connectivity index (χ1n) is 7.83. The van der Waals surface area contributed by atoms with Gasteiger partial charge in [0.2, 0.25) is 5.91 Å². The molecule has 4 nitrogen and oxygen atoms in total. The Morgan fingerprint density at radius 1 is 1.59 bits per heavy atom. The molecule has 0 aromatic carbocycles. The van der Waals surface area contributed by atoms with E-state index in [9.17, 15) is 13.6 Å². The molecule has 1 N–H and O–H groups in total. The van der Waals surface area contributed by atoms with E-state index in [0.29, 0.717) is 13.1 Å². The molecule has 0 aliphatic carbocycles. The van der Waals surface area contributed by atoms with Gasteiger partial charge in [-0.05, 0) is 19.3 Å². The highest BCUT2D eigenvalue weighted by atomic mass is 32.1. The van der Waals surface area contributed by atoms with Crippen molar-refractivity contribution in [3.8, 4) is 0 Å². The van der Waals surface area contributed by atoms with Gasteiger partial charge in [-0.15, -0.1) is 11.3 Å². The molecular formula is C15H21F2N3OS. The molecule has 1 aromatic rings. The number of halogens is 2. The van der Waals surface area contributed by atoms with Gasteiger partial charge in [-0.25, -0.2) is 13.8 Å². The van der Waals surface area contributed by atoms with E-state index in [1.807, 2.05) is 0 Å². The van der Waals surface area contributed by atoms with Gasteiger partial charge in [0, 0.05) is 30.8 Å². The molecule has 3 rings (SSSR count). The van der Waals surface area contributed by atoms with Crippen molar-refractivity contribution in [1.82, 2.24) is 15.2 Å². The molecule has 22 heavy (non-hydrogen) atoms. The fourth-order valence-corrected chi connectivity index (χ4v) is 4.19. The van der Waals surface area contributed by atoms with Gasteiger partial charge in [0.05, 0.1) is 23.3 Å². The van der Waals surface area contributed by atoms with Crippen LogP contribution in [0, 0.1) is 0 Å². The van der Waals surface area contributed by atoms with Crippen molar-refractivity contribution in [2.45, 2.75) is 50.5 Å². The number of nitrogens with zero attached hydrogens (tertiary/aromatic N) is 2. The number of carbonyl (C=O) groups is 1. The Hall–Kier alpha value is -1.08. The van der Waals surface area contributed by atoms with E-state index in [-0.39, 0.29) is 18.2 Å². The molecular weight excluding hydrogens is 308 g/mol. The van der Waals surface area contributed by atoms with Gasteiger partial charge in [-0.3, -0.25) is 10.1 Å². The fraction of sp³-hybridized carbons (Fsp3) is 0.733. The van der Waals surface area contributed by atoms with Gasteiger partial charge in [-0.2, -0.15) is 0 Å². The zero-order chi connectivity index (χ0) is 15.7.